The number of anilines is 2. The van der Waals surface area contributed by atoms with E-state index in [2.05, 4.69) is 10.3 Å². The van der Waals surface area contributed by atoms with Crippen molar-refractivity contribution in [1.82, 2.24) is 15.4 Å². The second-order valence-corrected chi connectivity index (χ2v) is 8.01. The minimum atomic E-state index is -0.536. The van der Waals surface area contributed by atoms with Gasteiger partial charge in [0, 0.05) is 30.7 Å². The van der Waals surface area contributed by atoms with Crippen LogP contribution in [0.25, 0.3) is 0 Å². The van der Waals surface area contributed by atoms with Crippen LogP contribution in [0.15, 0.2) is 29.9 Å². The molecule has 12 heteroatoms. The highest BCUT2D eigenvalue weighted by molar-refractivity contribution is 7.09. The van der Waals surface area contributed by atoms with E-state index in [0.717, 1.165) is 4.88 Å². The summed E-state index contributed by atoms with van der Waals surface area (Å²) in [6.45, 7) is 2.18. The summed E-state index contributed by atoms with van der Waals surface area (Å²) < 4.78 is 20.0. The Balaban J connectivity index is 1.36. The van der Waals surface area contributed by atoms with Crippen LogP contribution in [-0.4, -0.2) is 67.6 Å². The molecule has 0 bridgehead atoms. The molecule has 0 aliphatic carbocycles. The summed E-state index contributed by atoms with van der Waals surface area (Å²) in [4.78, 5) is 37.9. The SMILES string of the molecule is NC[C@H]1CN(c2ccc(N3CCON(C(=O)NCc4cncs4)CC3)c(F)c2)C(=O)O1. The average molecular weight is 450 g/mol. The van der Waals surface area contributed by atoms with Crippen molar-refractivity contribution in [2.45, 2.75) is 12.6 Å². The molecular formula is C19H23FN6O4S. The number of hydrogen-bond acceptors (Lipinski definition) is 8. The zero-order valence-electron chi connectivity index (χ0n) is 16.7. The number of ether oxygens (including phenoxy) is 1. The number of carbonyl (C=O) groups is 2. The maximum atomic E-state index is 14.9. The van der Waals surface area contributed by atoms with Gasteiger partial charge in [-0.1, -0.05) is 0 Å². The lowest BCUT2D eigenvalue weighted by molar-refractivity contribution is -0.104. The number of hydrogen-bond donors (Lipinski definition) is 2. The van der Waals surface area contributed by atoms with Crippen LogP contribution in [0.2, 0.25) is 0 Å². The Morgan fingerprint density at radius 1 is 1.35 bits per heavy atom. The monoisotopic (exact) mass is 450 g/mol. The molecule has 2 aliphatic rings. The number of nitrogens with one attached hydrogen (secondary N) is 1. The summed E-state index contributed by atoms with van der Waals surface area (Å²) in [5.41, 5.74) is 8.04. The number of hydroxylamine groups is 2. The van der Waals surface area contributed by atoms with Crippen LogP contribution >= 0.6 is 11.3 Å². The first-order valence-corrected chi connectivity index (χ1v) is 10.7. The van der Waals surface area contributed by atoms with Gasteiger partial charge in [0.25, 0.3) is 0 Å². The molecule has 31 heavy (non-hydrogen) atoms. The van der Waals surface area contributed by atoms with Crippen molar-refractivity contribution in [3.05, 3.63) is 40.6 Å². The van der Waals surface area contributed by atoms with Crippen LogP contribution in [0.1, 0.15) is 4.88 Å². The first-order valence-electron chi connectivity index (χ1n) is 9.83. The quantitative estimate of drug-likeness (QED) is 0.710. The maximum Gasteiger partial charge on any atom is 0.414 e. The molecule has 2 saturated heterocycles. The van der Waals surface area contributed by atoms with E-state index in [9.17, 15) is 14.0 Å². The van der Waals surface area contributed by atoms with Crippen molar-refractivity contribution in [3.63, 3.8) is 0 Å². The number of thiazole rings is 1. The van der Waals surface area contributed by atoms with Crippen molar-refractivity contribution < 1.29 is 23.6 Å². The summed E-state index contributed by atoms with van der Waals surface area (Å²) in [5.74, 6) is -0.468. The third-order valence-corrected chi connectivity index (χ3v) is 5.81. The number of nitrogens with two attached hydrogens (primary N) is 1. The number of urea groups is 1. The minimum Gasteiger partial charge on any atom is -0.443 e. The number of rotatable bonds is 5. The van der Waals surface area contributed by atoms with E-state index in [4.69, 9.17) is 15.3 Å². The molecule has 166 valence electrons. The number of carbonyl (C=O) groups excluding carboxylic acids is 2. The molecule has 0 saturated carbocycles. The molecule has 10 nitrogen and oxygen atoms in total. The minimum absolute atomic E-state index is 0.213. The van der Waals surface area contributed by atoms with Crippen molar-refractivity contribution >= 4 is 34.8 Å². The fraction of sp³-hybridized carbons (Fsp3) is 0.421. The molecule has 1 aromatic carbocycles. The molecule has 1 atom stereocenters. The number of halogens is 1. The highest BCUT2D eigenvalue weighted by atomic mass is 32.1. The fourth-order valence-electron chi connectivity index (χ4n) is 3.41. The second-order valence-electron chi connectivity index (χ2n) is 7.04. The van der Waals surface area contributed by atoms with E-state index < -0.39 is 18.0 Å². The Labute approximate surface area is 182 Å². The summed E-state index contributed by atoms with van der Waals surface area (Å²) >= 11 is 1.45. The molecular weight excluding hydrogens is 427 g/mol. The zero-order chi connectivity index (χ0) is 21.8. The van der Waals surface area contributed by atoms with Crippen LogP contribution in [-0.2, 0) is 16.1 Å². The topological polar surface area (TPSA) is 113 Å². The van der Waals surface area contributed by atoms with Gasteiger partial charge in [0.05, 0.1) is 43.1 Å². The van der Waals surface area contributed by atoms with Gasteiger partial charge in [0.15, 0.2) is 0 Å². The Hall–Kier alpha value is -2.96. The molecule has 3 heterocycles. The van der Waals surface area contributed by atoms with Crippen LogP contribution in [0.5, 0.6) is 0 Å². The van der Waals surface area contributed by atoms with Gasteiger partial charge >= 0.3 is 12.1 Å². The largest absolute Gasteiger partial charge is 0.443 e. The van der Waals surface area contributed by atoms with E-state index in [1.54, 1.807) is 28.7 Å². The molecule has 2 aliphatic heterocycles. The number of benzene rings is 1. The highest BCUT2D eigenvalue weighted by Crippen LogP contribution is 2.28. The van der Waals surface area contributed by atoms with Gasteiger partial charge in [-0.3, -0.25) is 14.7 Å². The van der Waals surface area contributed by atoms with Gasteiger partial charge in [-0.05, 0) is 18.2 Å². The number of amides is 3. The van der Waals surface area contributed by atoms with E-state index >= 15 is 0 Å². The Morgan fingerprint density at radius 3 is 2.94 bits per heavy atom. The first kappa shape index (κ1) is 21.3. The third kappa shape index (κ3) is 4.86. The van der Waals surface area contributed by atoms with Crippen molar-refractivity contribution in [2.75, 3.05) is 49.1 Å². The molecule has 2 fully saturated rings. The van der Waals surface area contributed by atoms with Gasteiger partial charge in [-0.15, -0.1) is 11.3 Å². The summed E-state index contributed by atoms with van der Waals surface area (Å²) in [6.07, 6.45) is 0.761. The Kier molecular flexibility index (Phi) is 6.49. The summed E-state index contributed by atoms with van der Waals surface area (Å²) in [6, 6.07) is 4.24. The Bertz CT molecular complexity index is 930. The number of nitrogens with zero attached hydrogens (tertiary/aromatic N) is 4. The predicted octanol–water partition coefficient (Wildman–Crippen LogP) is 1.53. The van der Waals surface area contributed by atoms with E-state index in [1.807, 2.05) is 0 Å². The molecule has 0 radical (unpaired) electrons. The van der Waals surface area contributed by atoms with Crippen LogP contribution in [0.4, 0.5) is 25.4 Å². The lowest BCUT2D eigenvalue weighted by Crippen LogP contribution is -2.41. The predicted molar refractivity (Wildman–Crippen MR) is 112 cm³/mol. The van der Waals surface area contributed by atoms with Gasteiger partial charge in [-0.2, -0.15) is 0 Å². The lowest BCUT2D eigenvalue weighted by atomic mass is 10.2. The summed E-state index contributed by atoms with van der Waals surface area (Å²) in [5, 5.41) is 4.03. The van der Waals surface area contributed by atoms with Crippen LogP contribution < -0.4 is 20.9 Å². The van der Waals surface area contributed by atoms with Gasteiger partial charge in [0.2, 0.25) is 0 Å². The lowest BCUT2D eigenvalue weighted by Gasteiger charge is -2.24. The maximum absolute atomic E-state index is 14.9. The van der Waals surface area contributed by atoms with Gasteiger partial charge < -0.3 is 20.7 Å². The molecule has 0 unspecified atom stereocenters. The van der Waals surface area contributed by atoms with Crippen molar-refractivity contribution in [1.29, 1.82) is 0 Å². The standard InChI is InChI=1S/C19H23FN6O4S/c20-16-7-13(25-11-14(8-21)30-19(25)28)1-2-17(16)24-3-4-26(29-6-5-24)18(27)23-10-15-9-22-12-31-15/h1-2,7,9,12,14H,3-6,8,10-11,21H2,(H,23,27)/t14-/m0/s1. The zero-order valence-corrected chi connectivity index (χ0v) is 17.5. The highest BCUT2D eigenvalue weighted by Gasteiger charge is 2.32. The average Bonchev–Trinajstić information content (AvgIpc) is 3.35. The molecule has 4 rings (SSSR count). The smallest absolute Gasteiger partial charge is 0.414 e. The third-order valence-electron chi connectivity index (χ3n) is 5.03. The fourth-order valence-corrected chi connectivity index (χ4v) is 3.94. The van der Waals surface area contributed by atoms with E-state index in [-0.39, 0.29) is 32.3 Å². The van der Waals surface area contributed by atoms with Crippen molar-refractivity contribution in [3.8, 4) is 0 Å². The normalized spacial score (nSPS) is 19.4. The molecule has 3 N–H and O–H groups in total. The molecule has 1 aromatic heterocycles. The van der Waals surface area contributed by atoms with Gasteiger partial charge in [0.1, 0.15) is 11.9 Å². The van der Waals surface area contributed by atoms with Crippen molar-refractivity contribution in [2.24, 2.45) is 5.73 Å². The van der Waals surface area contributed by atoms with Crippen LogP contribution in [0, 0.1) is 5.82 Å². The molecule has 3 amide bonds. The summed E-state index contributed by atoms with van der Waals surface area (Å²) in [7, 11) is 0. The van der Waals surface area contributed by atoms with E-state index in [1.165, 1.54) is 27.4 Å². The van der Waals surface area contributed by atoms with E-state index in [0.29, 0.717) is 31.0 Å². The Morgan fingerprint density at radius 2 is 2.23 bits per heavy atom. The van der Waals surface area contributed by atoms with Gasteiger partial charge in [-0.25, -0.2) is 19.0 Å². The number of aromatic nitrogens is 1. The molecule has 2 aromatic rings. The number of cyclic esters (lactones) is 1. The van der Waals surface area contributed by atoms with Crippen LogP contribution in [0.3, 0.4) is 0 Å². The second kappa shape index (κ2) is 9.45. The first-order chi connectivity index (χ1) is 15.0. The molecule has 0 spiro atoms.